The molecule has 0 aromatic carbocycles. The Hall–Kier alpha value is -1.77. The molecule has 0 aromatic heterocycles. The number of rotatable bonds is 7. The maximum Gasteiger partial charge on any atom is 0.408 e. The lowest BCUT2D eigenvalue weighted by Crippen LogP contribution is -2.48. The number of ether oxygens (including phenoxy) is 1. The van der Waals surface area contributed by atoms with Gasteiger partial charge >= 0.3 is 12.1 Å². The average Bonchev–Trinajstić information content (AvgIpc) is 2.92. The molecule has 0 radical (unpaired) electrons. The largest absolute Gasteiger partial charge is 0.444 e. The zero-order chi connectivity index (χ0) is 20.7. The average molecular weight is 415 g/mol. The van der Waals surface area contributed by atoms with E-state index in [4.69, 9.17) is 9.57 Å². The van der Waals surface area contributed by atoms with Crippen molar-refractivity contribution in [1.82, 2.24) is 10.4 Å². The number of amides is 3. The van der Waals surface area contributed by atoms with Crippen LogP contribution in [-0.4, -0.2) is 52.1 Å². The van der Waals surface area contributed by atoms with E-state index in [2.05, 4.69) is 5.32 Å². The molecule has 0 aromatic rings. The molecule has 0 bridgehead atoms. The van der Waals surface area contributed by atoms with Gasteiger partial charge in [-0.1, -0.05) is 19.3 Å². The molecule has 2 fully saturated rings. The van der Waals surface area contributed by atoms with Crippen LogP contribution in [0.25, 0.3) is 0 Å². The predicted octanol–water partition coefficient (Wildman–Crippen LogP) is 2.80. The first-order valence-corrected chi connectivity index (χ1v) is 11.0. The minimum atomic E-state index is -1.01. The molecule has 2 rings (SSSR count). The Kier molecular flexibility index (Phi) is 8.15. The van der Waals surface area contributed by atoms with Gasteiger partial charge in [-0.25, -0.2) is 9.59 Å². The lowest BCUT2D eigenvalue weighted by molar-refractivity contribution is -0.198. The van der Waals surface area contributed by atoms with Gasteiger partial charge < -0.3 is 14.9 Å². The molecule has 28 heavy (non-hydrogen) atoms. The van der Waals surface area contributed by atoms with Crippen LogP contribution in [-0.2, 0) is 24.0 Å². The molecule has 0 spiro atoms. The molecule has 1 heterocycles. The van der Waals surface area contributed by atoms with Gasteiger partial charge in [0.25, 0.3) is 11.8 Å². The number of carbonyl (C=O) groups is 4. The van der Waals surface area contributed by atoms with Crippen molar-refractivity contribution in [3.63, 3.8) is 0 Å². The van der Waals surface area contributed by atoms with Crippen LogP contribution in [0.2, 0.25) is 0 Å². The molecule has 2 aliphatic rings. The van der Waals surface area contributed by atoms with E-state index in [1.54, 1.807) is 32.5 Å². The summed E-state index contributed by atoms with van der Waals surface area (Å²) in [6.45, 7) is 5.16. The number of thioether (sulfide) groups is 1. The molecule has 1 saturated heterocycles. The molecule has 3 amide bonds. The van der Waals surface area contributed by atoms with E-state index < -0.39 is 35.5 Å². The summed E-state index contributed by atoms with van der Waals surface area (Å²) in [5.74, 6) is -0.163. The second-order valence-electron chi connectivity index (χ2n) is 8.23. The third kappa shape index (κ3) is 7.33. The molecule has 158 valence electrons. The number of carbonyl (C=O) groups excluding carboxylic acids is 4. The highest BCUT2D eigenvalue weighted by Gasteiger charge is 2.36. The SMILES string of the molecule is CC(C)(C)OC(=O)N[C@@H](CSCC1CCCCC1)C(=O)ON1C(=O)CCC1=O. The Bertz CT molecular complexity index is 582. The van der Waals surface area contributed by atoms with Crippen molar-refractivity contribution in [3.05, 3.63) is 0 Å². The lowest BCUT2D eigenvalue weighted by Gasteiger charge is -2.25. The van der Waals surface area contributed by atoms with Crippen LogP contribution in [0.1, 0.15) is 65.7 Å². The van der Waals surface area contributed by atoms with E-state index in [1.807, 2.05) is 0 Å². The van der Waals surface area contributed by atoms with Crippen LogP contribution in [0.5, 0.6) is 0 Å². The molecule has 1 atom stereocenters. The topological polar surface area (TPSA) is 102 Å². The zero-order valence-electron chi connectivity index (χ0n) is 16.8. The number of alkyl carbamates (subject to hydrolysis) is 1. The van der Waals surface area contributed by atoms with Crippen molar-refractivity contribution in [2.75, 3.05) is 11.5 Å². The molecule has 0 unspecified atom stereocenters. The lowest BCUT2D eigenvalue weighted by atomic mass is 9.91. The van der Waals surface area contributed by atoms with Gasteiger partial charge in [-0.2, -0.15) is 11.8 Å². The Labute approximate surface area is 170 Å². The fourth-order valence-electron chi connectivity index (χ4n) is 3.14. The fourth-order valence-corrected chi connectivity index (χ4v) is 4.39. The van der Waals surface area contributed by atoms with E-state index in [-0.39, 0.29) is 18.6 Å². The van der Waals surface area contributed by atoms with Crippen LogP contribution < -0.4 is 5.32 Å². The first kappa shape index (κ1) is 22.5. The van der Waals surface area contributed by atoms with Gasteiger partial charge in [0.2, 0.25) is 0 Å². The molecular formula is C19H30N2O6S. The second-order valence-corrected chi connectivity index (χ2v) is 9.31. The minimum Gasteiger partial charge on any atom is -0.444 e. The van der Waals surface area contributed by atoms with Crippen molar-refractivity contribution >= 4 is 35.6 Å². The normalized spacial score (nSPS) is 19.5. The number of hydroxylamine groups is 2. The molecule has 1 saturated carbocycles. The van der Waals surface area contributed by atoms with Crippen LogP contribution in [0.3, 0.4) is 0 Å². The minimum absolute atomic E-state index is 0.0205. The summed E-state index contributed by atoms with van der Waals surface area (Å²) >= 11 is 1.56. The van der Waals surface area contributed by atoms with E-state index in [1.165, 1.54) is 32.1 Å². The van der Waals surface area contributed by atoms with Crippen LogP contribution in [0.4, 0.5) is 4.79 Å². The van der Waals surface area contributed by atoms with Gasteiger partial charge in [-0.15, -0.1) is 5.06 Å². The van der Waals surface area contributed by atoms with Crippen LogP contribution in [0, 0.1) is 5.92 Å². The van der Waals surface area contributed by atoms with Gasteiger partial charge in [0, 0.05) is 18.6 Å². The number of nitrogens with one attached hydrogen (secondary N) is 1. The highest BCUT2D eigenvalue weighted by atomic mass is 32.2. The number of imide groups is 1. The number of hydrogen-bond acceptors (Lipinski definition) is 7. The molecule has 9 heteroatoms. The summed E-state index contributed by atoms with van der Waals surface area (Å²) in [7, 11) is 0. The van der Waals surface area contributed by atoms with Gasteiger partial charge in [0.05, 0.1) is 0 Å². The van der Waals surface area contributed by atoms with E-state index in [9.17, 15) is 19.2 Å². The second kappa shape index (κ2) is 10.1. The molecular weight excluding hydrogens is 384 g/mol. The standard InChI is InChI=1S/C19H30N2O6S/c1-19(2,3)26-18(25)20-14(12-28-11-13-7-5-4-6-8-13)17(24)27-21-15(22)9-10-16(21)23/h13-14H,4-12H2,1-3H3,(H,20,25)/t14-/m0/s1. The molecule has 1 N–H and O–H groups in total. The summed E-state index contributed by atoms with van der Waals surface area (Å²) in [6.07, 6.45) is 5.38. The van der Waals surface area contributed by atoms with Crippen LogP contribution >= 0.6 is 11.8 Å². The third-order valence-electron chi connectivity index (χ3n) is 4.53. The van der Waals surface area contributed by atoms with Gasteiger partial charge in [-0.3, -0.25) is 9.59 Å². The Morgan fingerprint density at radius 1 is 1.14 bits per heavy atom. The van der Waals surface area contributed by atoms with E-state index in [0.717, 1.165) is 5.75 Å². The summed E-state index contributed by atoms with van der Waals surface area (Å²) in [5, 5.41) is 3.01. The Morgan fingerprint density at radius 2 is 1.75 bits per heavy atom. The van der Waals surface area contributed by atoms with Crippen molar-refractivity contribution in [3.8, 4) is 0 Å². The predicted molar refractivity (Wildman–Crippen MR) is 104 cm³/mol. The van der Waals surface area contributed by atoms with Gasteiger partial charge in [0.15, 0.2) is 0 Å². The Balaban J connectivity index is 1.93. The summed E-state index contributed by atoms with van der Waals surface area (Å²) < 4.78 is 5.21. The zero-order valence-corrected chi connectivity index (χ0v) is 17.6. The maximum atomic E-state index is 12.5. The smallest absolute Gasteiger partial charge is 0.408 e. The van der Waals surface area contributed by atoms with Gasteiger partial charge in [-0.05, 0) is 45.3 Å². The van der Waals surface area contributed by atoms with Gasteiger partial charge in [0.1, 0.15) is 11.6 Å². The monoisotopic (exact) mass is 414 g/mol. The Morgan fingerprint density at radius 3 is 2.32 bits per heavy atom. The van der Waals surface area contributed by atoms with Crippen LogP contribution in [0.15, 0.2) is 0 Å². The maximum absolute atomic E-state index is 12.5. The molecule has 1 aliphatic carbocycles. The highest BCUT2D eigenvalue weighted by molar-refractivity contribution is 7.99. The molecule has 8 nitrogen and oxygen atoms in total. The molecule has 1 aliphatic heterocycles. The van der Waals surface area contributed by atoms with Crippen molar-refractivity contribution in [1.29, 1.82) is 0 Å². The highest BCUT2D eigenvalue weighted by Crippen LogP contribution is 2.27. The van der Waals surface area contributed by atoms with E-state index >= 15 is 0 Å². The fraction of sp³-hybridized carbons (Fsp3) is 0.789. The first-order chi connectivity index (χ1) is 13.2. The number of nitrogens with zero attached hydrogens (tertiary/aromatic N) is 1. The summed E-state index contributed by atoms with van der Waals surface area (Å²) in [6, 6.07) is -1.01. The van der Waals surface area contributed by atoms with Crippen molar-refractivity contribution < 1.29 is 28.8 Å². The third-order valence-corrected chi connectivity index (χ3v) is 5.80. The van der Waals surface area contributed by atoms with E-state index in [0.29, 0.717) is 11.0 Å². The number of hydrogen-bond donors (Lipinski definition) is 1. The quantitative estimate of drug-likeness (QED) is 0.639. The van der Waals surface area contributed by atoms with Crippen molar-refractivity contribution in [2.24, 2.45) is 5.92 Å². The van der Waals surface area contributed by atoms with Crippen molar-refractivity contribution in [2.45, 2.75) is 77.4 Å². The summed E-state index contributed by atoms with van der Waals surface area (Å²) in [5.41, 5.74) is -0.714. The summed E-state index contributed by atoms with van der Waals surface area (Å²) in [4.78, 5) is 53.0. The first-order valence-electron chi connectivity index (χ1n) is 9.80.